The van der Waals surface area contributed by atoms with Gasteiger partial charge in [-0.15, -0.1) is 4.40 Å². The Morgan fingerprint density at radius 3 is 2.66 bits per heavy atom. The van der Waals surface area contributed by atoms with Crippen molar-refractivity contribution in [3.8, 4) is 0 Å². The Hall–Kier alpha value is -2.32. The Morgan fingerprint density at radius 2 is 1.93 bits per heavy atom. The number of nitrogens with one attached hydrogen (secondary N) is 1. The molecule has 6 nitrogen and oxygen atoms in total. The van der Waals surface area contributed by atoms with Crippen molar-refractivity contribution in [1.82, 2.24) is 0 Å². The average molecular weight is 432 g/mol. The zero-order chi connectivity index (χ0) is 21.0. The number of aryl methyl sites for hydroxylation is 2. The Morgan fingerprint density at radius 1 is 1.17 bits per heavy atom. The molecule has 0 atom stereocenters. The maximum absolute atomic E-state index is 12.6. The van der Waals surface area contributed by atoms with Gasteiger partial charge in [0.2, 0.25) is 5.91 Å². The van der Waals surface area contributed by atoms with E-state index in [0.717, 1.165) is 41.4 Å². The second kappa shape index (κ2) is 9.00. The number of nitrogens with zero attached hydrogens (tertiary/aromatic N) is 2. The van der Waals surface area contributed by atoms with E-state index in [9.17, 15) is 13.2 Å². The van der Waals surface area contributed by atoms with Crippen molar-refractivity contribution < 1.29 is 13.2 Å². The molecule has 0 aliphatic carbocycles. The lowest BCUT2D eigenvalue weighted by Gasteiger charge is -2.30. The zero-order valence-electron chi connectivity index (χ0n) is 16.8. The summed E-state index contributed by atoms with van der Waals surface area (Å²) in [5.74, 6) is -0.122. The number of rotatable bonds is 6. The third-order valence-corrected chi connectivity index (χ3v) is 6.99. The van der Waals surface area contributed by atoms with Gasteiger partial charge in [-0.3, -0.25) is 4.79 Å². The first-order valence-corrected chi connectivity index (χ1v) is 12.0. The van der Waals surface area contributed by atoms with E-state index in [2.05, 4.69) is 16.6 Å². The Kier molecular flexibility index (Phi) is 6.64. The maximum atomic E-state index is 12.6. The van der Waals surface area contributed by atoms with Crippen molar-refractivity contribution in [2.24, 2.45) is 4.40 Å². The molecule has 1 heterocycles. The van der Waals surface area contributed by atoms with Crippen LogP contribution in [0.15, 0.2) is 51.8 Å². The number of carbonyl (C=O) groups is 1. The van der Waals surface area contributed by atoms with Crippen molar-refractivity contribution in [3.05, 3.63) is 53.6 Å². The number of sulfonamides is 1. The van der Waals surface area contributed by atoms with Gasteiger partial charge in [-0.05, 0) is 44.0 Å². The first-order valence-electron chi connectivity index (χ1n) is 9.53. The van der Waals surface area contributed by atoms with Crippen LogP contribution >= 0.6 is 11.8 Å². The van der Waals surface area contributed by atoms with Gasteiger partial charge in [0.25, 0.3) is 10.0 Å². The monoisotopic (exact) mass is 431 g/mol. The van der Waals surface area contributed by atoms with Gasteiger partial charge in [0.15, 0.2) is 5.17 Å². The zero-order valence-corrected chi connectivity index (χ0v) is 18.4. The molecule has 0 radical (unpaired) electrons. The number of benzene rings is 2. The number of hydrogen-bond donors (Lipinski definition) is 1. The van der Waals surface area contributed by atoms with E-state index in [4.69, 9.17) is 0 Å². The average Bonchev–Trinajstić information content (AvgIpc) is 2.68. The van der Waals surface area contributed by atoms with Crippen LogP contribution in [0.3, 0.4) is 0 Å². The molecule has 8 heteroatoms. The number of carbonyl (C=O) groups excluding carboxylic acids is 1. The van der Waals surface area contributed by atoms with Gasteiger partial charge in [0, 0.05) is 12.2 Å². The number of fused-ring (bicyclic) bond motifs is 1. The summed E-state index contributed by atoms with van der Waals surface area (Å²) >= 11 is 1.14. The Bertz CT molecular complexity index is 1050. The van der Waals surface area contributed by atoms with Gasteiger partial charge in [0.05, 0.1) is 11.4 Å². The van der Waals surface area contributed by atoms with E-state index in [0.29, 0.717) is 17.4 Å². The highest BCUT2D eigenvalue weighted by Gasteiger charge is 2.30. The van der Waals surface area contributed by atoms with Gasteiger partial charge in [-0.2, -0.15) is 8.42 Å². The molecule has 0 unspecified atom stereocenters. The fourth-order valence-electron chi connectivity index (χ4n) is 3.11. The minimum atomic E-state index is -3.77. The van der Waals surface area contributed by atoms with Crippen LogP contribution in [-0.2, 0) is 14.8 Å². The third-order valence-electron chi connectivity index (χ3n) is 4.59. The quantitative estimate of drug-likeness (QED) is 0.736. The SMILES string of the molecule is CCCCN1C(SCC(=O)Nc2ccc(C)cc2C)=NS(=O)(=O)c2ccccc21. The molecule has 3 rings (SSSR count). The molecule has 1 N–H and O–H groups in total. The van der Waals surface area contributed by atoms with Crippen LogP contribution in [0, 0.1) is 13.8 Å². The van der Waals surface area contributed by atoms with Crippen LogP contribution in [0.25, 0.3) is 0 Å². The summed E-state index contributed by atoms with van der Waals surface area (Å²) in [6.07, 6.45) is 1.86. The molecule has 1 amide bonds. The number of amides is 1. The number of hydrogen-bond acceptors (Lipinski definition) is 5. The van der Waals surface area contributed by atoms with Gasteiger partial charge < -0.3 is 10.2 Å². The van der Waals surface area contributed by atoms with E-state index in [1.54, 1.807) is 18.2 Å². The molecule has 1 aliphatic rings. The smallest absolute Gasteiger partial charge is 0.286 e. The van der Waals surface area contributed by atoms with Crippen molar-refractivity contribution in [1.29, 1.82) is 0 Å². The summed E-state index contributed by atoms with van der Waals surface area (Å²) in [6, 6.07) is 12.7. The first-order chi connectivity index (χ1) is 13.8. The number of anilines is 2. The van der Waals surface area contributed by atoms with E-state index < -0.39 is 10.0 Å². The molecule has 29 heavy (non-hydrogen) atoms. The number of para-hydroxylation sites is 1. The minimum Gasteiger partial charge on any atom is -0.325 e. The van der Waals surface area contributed by atoms with Gasteiger partial charge in [-0.25, -0.2) is 0 Å². The second-order valence-corrected chi connectivity index (χ2v) is 9.49. The molecule has 2 aromatic carbocycles. The molecule has 0 bridgehead atoms. The summed E-state index contributed by atoms with van der Waals surface area (Å²) in [5.41, 5.74) is 3.49. The molecule has 0 saturated carbocycles. The Balaban J connectivity index is 1.77. The predicted molar refractivity (Wildman–Crippen MR) is 120 cm³/mol. The predicted octanol–water partition coefficient (Wildman–Crippen LogP) is 4.34. The molecular weight excluding hydrogens is 406 g/mol. The van der Waals surface area contributed by atoms with Crippen LogP contribution in [0.4, 0.5) is 11.4 Å². The highest BCUT2D eigenvalue weighted by molar-refractivity contribution is 8.15. The lowest BCUT2D eigenvalue weighted by atomic mass is 10.1. The van der Waals surface area contributed by atoms with Crippen molar-refractivity contribution in [2.75, 3.05) is 22.5 Å². The Labute approximate surface area is 176 Å². The highest BCUT2D eigenvalue weighted by atomic mass is 32.2. The van der Waals surface area contributed by atoms with Crippen LogP contribution in [0.2, 0.25) is 0 Å². The van der Waals surface area contributed by atoms with Gasteiger partial charge in [-0.1, -0.05) is 54.9 Å². The fourth-order valence-corrected chi connectivity index (χ4v) is 5.39. The summed E-state index contributed by atoms with van der Waals surface area (Å²) in [4.78, 5) is 14.6. The van der Waals surface area contributed by atoms with E-state index in [-0.39, 0.29) is 16.6 Å². The van der Waals surface area contributed by atoms with E-state index in [1.165, 1.54) is 0 Å². The molecule has 2 aromatic rings. The maximum Gasteiger partial charge on any atom is 0.286 e. The first kappa shape index (κ1) is 21.4. The van der Waals surface area contributed by atoms with Gasteiger partial charge in [0.1, 0.15) is 4.90 Å². The molecule has 154 valence electrons. The molecule has 0 aromatic heterocycles. The molecule has 0 fully saturated rings. The van der Waals surface area contributed by atoms with E-state index >= 15 is 0 Å². The normalized spacial score (nSPS) is 14.9. The van der Waals surface area contributed by atoms with Crippen LogP contribution in [0.1, 0.15) is 30.9 Å². The lowest BCUT2D eigenvalue weighted by Crippen LogP contribution is -2.35. The molecule has 0 saturated heterocycles. The van der Waals surface area contributed by atoms with E-state index in [1.807, 2.05) is 43.0 Å². The number of unbranched alkanes of at least 4 members (excludes halogenated alkanes) is 1. The molecule has 0 spiro atoms. The standard InChI is InChI=1S/C21H25N3O3S2/c1-4-5-12-24-18-8-6-7-9-19(18)29(26,27)23-21(24)28-14-20(25)22-17-11-10-15(2)13-16(17)3/h6-11,13H,4-5,12,14H2,1-3H3,(H,22,25). The minimum absolute atomic E-state index is 0.0759. The van der Waals surface area contributed by atoms with Crippen molar-refractivity contribution in [2.45, 2.75) is 38.5 Å². The summed E-state index contributed by atoms with van der Waals surface area (Å²) in [7, 11) is -3.77. The molecule has 1 aliphatic heterocycles. The summed E-state index contributed by atoms with van der Waals surface area (Å²) in [6.45, 7) is 6.66. The lowest BCUT2D eigenvalue weighted by molar-refractivity contribution is -0.113. The van der Waals surface area contributed by atoms with Crippen LogP contribution in [0.5, 0.6) is 0 Å². The topological polar surface area (TPSA) is 78.8 Å². The van der Waals surface area contributed by atoms with Crippen molar-refractivity contribution >= 4 is 44.2 Å². The number of thioether (sulfide) groups is 1. The second-order valence-electron chi connectivity index (χ2n) is 6.98. The summed E-state index contributed by atoms with van der Waals surface area (Å²) in [5, 5.41) is 3.23. The third kappa shape index (κ3) is 5.00. The molecular formula is C21H25N3O3S2. The van der Waals surface area contributed by atoms with Crippen LogP contribution < -0.4 is 10.2 Å². The fraction of sp³-hybridized carbons (Fsp3) is 0.333. The summed E-state index contributed by atoms with van der Waals surface area (Å²) < 4.78 is 29.2. The van der Waals surface area contributed by atoms with Crippen LogP contribution in [-0.4, -0.2) is 31.8 Å². The van der Waals surface area contributed by atoms with Crippen molar-refractivity contribution in [3.63, 3.8) is 0 Å². The number of amidine groups is 1. The largest absolute Gasteiger partial charge is 0.325 e. The highest BCUT2D eigenvalue weighted by Crippen LogP contribution is 2.34. The van der Waals surface area contributed by atoms with Gasteiger partial charge >= 0.3 is 0 Å².